The highest BCUT2D eigenvalue weighted by atomic mass is 19.2. The van der Waals surface area contributed by atoms with Crippen molar-refractivity contribution in [3.05, 3.63) is 29.3 Å². The van der Waals surface area contributed by atoms with Gasteiger partial charge in [-0.25, -0.2) is 13.6 Å². The van der Waals surface area contributed by atoms with Gasteiger partial charge in [0, 0.05) is 6.54 Å². The molecule has 1 heterocycles. The van der Waals surface area contributed by atoms with Crippen molar-refractivity contribution in [1.82, 2.24) is 0 Å². The Hall–Kier alpha value is -1.73. The van der Waals surface area contributed by atoms with Gasteiger partial charge in [0.2, 0.25) is 0 Å². The number of rotatable bonds is 4. The van der Waals surface area contributed by atoms with Gasteiger partial charge in [-0.2, -0.15) is 0 Å². The van der Waals surface area contributed by atoms with E-state index in [1.54, 1.807) is 13.8 Å². The lowest BCUT2D eigenvalue weighted by atomic mass is 10.1. The van der Waals surface area contributed by atoms with E-state index in [1.165, 1.54) is 12.1 Å². The number of anilines is 1. The van der Waals surface area contributed by atoms with Gasteiger partial charge in [-0.3, -0.25) is 0 Å². The molecule has 1 N–H and O–H groups in total. The topological polar surface area (TPSA) is 56.8 Å². The Morgan fingerprint density at radius 1 is 1.43 bits per heavy atom. The van der Waals surface area contributed by atoms with Crippen LogP contribution in [0.4, 0.5) is 14.5 Å². The van der Waals surface area contributed by atoms with E-state index >= 15 is 0 Å². The van der Waals surface area contributed by atoms with Gasteiger partial charge < -0.3 is 19.5 Å². The Bertz CT molecular complexity index is 548. The molecule has 1 aromatic carbocycles. The zero-order chi connectivity index (χ0) is 15.6. The summed E-state index contributed by atoms with van der Waals surface area (Å²) in [7, 11) is 1.10. The first-order valence-electron chi connectivity index (χ1n) is 6.46. The highest BCUT2D eigenvalue weighted by molar-refractivity contribution is 5.90. The first kappa shape index (κ1) is 15.7. The summed E-state index contributed by atoms with van der Waals surface area (Å²) in [6.45, 7) is 4.18. The van der Waals surface area contributed by atoms with E-state index < -0.39 is 29.0 Å². The van der Waals surface area contributed by atoms with Crippen molar-refractivity contribution in [3.8, 4) is 0 Å². The molecule has 1 aromatic rings. The standard InChI is InChI=1S/C14H17F2NO4/c1-14(2)20-7-8(21-14)6-17-10-5-4-9(13(18)19-3)11(15)12(10)16/h4-5,8,17H,6-7H2,1-3H3. The van der Waals surface area contributed by atoms with Gasteiger partial charge in [0.05, 0.1) is 25.0 Å². The van der Waals surface area contributed by atoms with Gasteiger partial charge in [-0.05, 0) is 26.0 Å². The normalized spacial score (nSPS) is 20.3. The molecule has 5 nitrogen and oxygen atoms in total. The van der Waals surface area contributed by atoms with Crippen LogP contribution in [-0.2, 0) is 14.2 Å². The number of ether oxygens (including phenoxy) is 3. The molecule has 0 aliphatic carbocycles. The maximum absolute atomic E-state index is 13.9. The number of carbonyl (C=O) groups is 1. The van der Waals surface area contributed by atoms with Crippen LogP contribution in [0.25, 0.3) is 0 Å². The molecule has 21 heavy (non-hydrogen) atoms. The van der Waals surface area contributed by atoms with Crippen LogP contribution >= 0.6 is 0 Å². The molecular formula is C14H17F2NO4. The molecule has 1 saturated heterocycles. The lowest BCUT2D eigenvalue weighted by Crippen LogP contribution is -2.26. The highest BCUT2D eigenvalue weighted by Crippen LogP contribution is 2.24. The maximum atomic E-state index is 13.9. The molecule has 0 amide bonds. The Morgan fingerprint density at radius 3 is 2.71 bits per heavy atom. The zero-order valence-corrected chi connectivity index (χ0v) is 12.0. The fourth-order valence-electron chi connectivity index (χ4n) is 2.04. The highest BCUT2D eigenvalue weighted by Gasteiger charge is 2.32. The van der Waals surface area contributed by atoms with Gasteiger partial charge >= 0.3 is 5.97 Å². The number of esters is 1. The van der Waals surface area contributed by atoms with Crippen LogP contribution in [0.2, 0.25) is 0 Å². The van der Waals surface area contributed by atoms with Crippen LogP contribution in [0.1, 0.15) is 24.2 Å². The summed E-state index contributed by atoms with van der Waals surface area (Å²) in [6, 6.07) is 2.45. The summed E-state index contributed by atoms with van der Waals surface area (Å²) >= 11 is 0. The van der Waals surface area contributed by atoms with Crippen LogP contribution in [0.3, 0.4) is 0 Å². The van der Waals surface area contributed by atoms with E-state index in [4.69, 9.17) is 9.47 Å². The summed E-state index contributed by atoms with van der Waals surface area (Å²) in [5, 5.41) is 2.75. The first-order valence-corrected chi connectivity index (χ1v) is 6.46. The number of carbonyl (C=O) groups excluding carboxylic acids is 1. The zero-order valence-electron chi connectivity index (χ0n) is 12.0. The third kappa shape index (κ3) is 3.48. The van der Waals surface area contributed by atoms with Crippen LogP contribution in [0.5, 0.6) is 0 Å². The summed E-state index contributed by atoms with van der Waals surface area (Å²) in [6.07, 6.45) is -0.261. The van der Waals surface area contributed by atoms with Gasteiger partial charge in [0.1, 0.15) is 6.10 Å². The summed E-state index contributed by atoms with van der Waals surface area (Å²) < 4.78 is 42.9. The predicted molar refractivity (Wildman–Crippen MR) is 71.1 cm³/mol. The fourth-order valence-corrected chi connectivity index (χ4v) is 2.04. The SMILES string of the molecule is COC(=O)c1ccc(NCC2COC(C)(C)O2)c(F)c1F. The van der Waals surface area contributed by atoms with Crippen LogP contribution < -0.4 is 5.32 Å². The third-order valence-electron chi connectivity index (χ3n) is 3.08. The smallest absolute Gasteiger partial charge is 0.340 e. The van der Waals surface area contributed by atoms with Crippen LogP contribution in [0.15, 0.2) is 12.1 Å². The molecule has 0 saturated carbocycles. The van der Waals surface area contributed by atoms with E-state index in [1.807, 2.05) is 0 Å². The van der Waals surface area contributed by atoms with E-state index in [2.05, 4.69) is 10.1 Å². The monoisotopic (exact) mass is 301 g/mol. The number of halogens is 2. The lowest BCUT2D eigenvalue weighted by molar-refractivity contribution is -0.136. The number of nitrogens with one attached hydrogen (secondary N) is 1. The minimum atomic E-state index is -1.24. The molecule has 1 aliphatic rings. The maximum Gasteiger partial charge on any atom is 0.340 e. The van der Waals surface area contributed by atoms with Gasteiger partial charge in [0.15, 0.2) is 17.4 Å². The largest absolute Gasteiger partial charge is 0.465 e. The van der Waals surface area contributed by atoms with Crippen molar-refractivity contribution < 1.29 is 27.8 Å². The predicted octanol–water partition coefficient (Wildman–Crippen LogP) is 2.31. The molecule has 1 unspecified atom stereocenters. The lowest BCUT2D eigenvalue weighted by Gasteiger charge is -2.18. The molecule has 0 spiro atoms. The minimum absolute atomic E-state index is 0.0477. The van der Waals surface area contributed by atoms with Crippen molar-refractivity contribution in [2.24, 2.45) is 0 Å². The van der Waals surface area contributed by atoms with Crippen molar-refractivity contribution in [1.29, 1.82) is 0 Å². The molecule has 1 aliphatic heterocycles. The van der Waals surface area contributed by atoms with Crippen LogP contribution in [-0.4, -0.2) is 38.1 Å². The van der Waals surface area contributed by atoms with Crippen molar-refractivity contribution >= 4 is 11.7 Å². The Labute approximate surface area is 121 Å². The minimum Gasteiger partial charge on any atom is -0.465 e. The quantitative estimate of drug-likeness (QED) is 0.865. The summed E-state index contributed by atoms with van der Waals surface area (Å²) in [5.41, 5.74) is -0.490. The van der Waals surface area contributed by atoms with Crippen molar-refractivity contribution in [2.75, 3.05) is 25.6 Å². The van der Waals surface area contributed by atoms with Gasteiger partial charge in [0.25, 0.3) is 0 Å². The number of benzene rings is 1. The van der Waals surface area contributed by atoms with Gasteiger partial charge in [-0.15, -0.1) is 0 Å². The van der Waals surface area contributed by atoms with Crippen molar-refractivity contribution in [3.63, 3.8) is 0 Å². The second kappa shape index (κ2) is 5.95. The Kier molecular flexibility index (Phi) is 4.43. The second-order valence-corrected chi connectivity index (χ2v) is 5.11. The molecule has 1 fully saturated rings. The molecule has 0 aromatic heterocycles. The molecule has 0 radical (unpaired) electrons. The first-order chi connectivity index (χ1) is 9.84. The van der Waals surface area contributed by atoms with Gasteiger partial charge in [-0.1, -0.05) is 0 Å². The summed E-state index contributed by atoms with van der Waals surface area (Å²) in [5.74, 6) is -3.97. The Morgan fingerprint density at radius 2 is 2.14 bits per heavy atom. The average molecular weight is 301 g/mol. The Balaban J connectivity index is 2.05. The second-order valence-electron chi connectivity index (χ2n) is 5.11. The van der Waals surface area contributed by atoms with Crippen molar-refractivity contribution in [2.45, 2.75) is 25.7 Å². The number of methoxy groups -OCH3 is 1. The van der Waals surface area contributed by atoms with E-state index in [0.717, 1.165) is 7.11 Å². The molecule has 1 atom stereocenters. The summed E-state index contributed by atoms with van der Waals surface area (Å²) in [4.78, 5) is 11.3. The van der Waals surface area contributed by atoms with E-state index in [9.17, 15) is 13.6 Å². The van der Waals surface area contributed by atoms with E-state index in [0.29, 0.717) is 6.61 Å². The number of hydrogen-bond donors (Lipinski definition) is 1. The fraction of sp³-hybridized carbons (Fsp3) is 0.500. The van der Waals surface area contributed by atoms with E-state index in [-0.39, 0.29) is 18.3 Å². The molecule has 0 bridgehead atoms. The average Bonchev–Trinajstić information content (AvgIpc) is 2.79. The molecular weight excluding hydrogens is 284 g/mol. The third-order valence-corrected chi connectivity index (χ3v) is 3.08. The number of hydrogen-bond acceptors (Lipinski definition) is 5. The molecule has 2 rings (SSSR count). The van der Waals surface area contributed by atoms with Crippen LogP contribution in [0, 0.1) is 11.6 Å². The molecule has 116 valence electrons. The molecule has 7 heteroatoms.